The molecule has 0 heterocycles. The van der Waals surface area contributed by atoms with Crippen LogP contribution >= 0.6 is 31.9 Å². The van der Waals surface area contributed by atoms with Crippen LogP contribution < -0.4 is 5.32 Å². The molecule has 1 aromatic carbocycles. The molecule has 0 bridgehead atoms. The average molecular weight is 353 g/mol. The second-order valence-corrected chi connectivity index (χ2v) is 4.63. The van der Waals surface area contributed by atoms with Gasteiger partial charge in [0.2, 0.25) is 0 Å². The molecule has 0 atom stereocenters. The molecule has 0 aliphatic rings. The smallest absolute Gasteiger partial charge is 0.337 e. The lowest BCUT2D eigenvalue weighted by Crippen LogP contribution is -2.15. The molecule has 16 heavy (non-hydrogen) atoms. The van der Waals surface area contributed by atoms with Gasteiger partial charge in [-0.1, -0.05) is 15.9 Å². The predicted octanol–water partition coefficient (Wildman–Crippen LogP) is 2.41. The van der Waals surface area contributed by atoms with E-state index < -0.39 is 11.9 Å². The number of nitrogens with one attached hydrogen (secondary N) is 1. The van der Waals surface area contributed by atoms with E-state index in [-0.39, 0.29) is 17.8 Å². The lowest BCUT2D eigenvalue weighted by molar-refractivity contribution is -0.134. The van der Waals surface area contributed by atoms with Crippen molar-refractivity contribution in [3.63, 3.8) is 0 Å². The van der Waals surface area contributed by atoms with E-state index in [0.717, 1.165) is 0 Å². The summed E-state index contributed by atoms with van der Waals surface area (Å²) in [5.41, 5.74) is 0.251. The quantitative estimate of drug-likeness (QED) is 0.774. The number of benzene rings is 1. The third-order valence-electron chi connectivity index (χ3n) is 1.70. The Kier molecular flexibility index (Phi) is 4.31. The summed E-state index contributed by atoms with van der Waals surface area (Å²) in [6.07, 6.45) is 0. The molecule has 7 heteroatoms. The number of carbonyl (C=O) groups is 2. The highest BCUT2D eigenvalue weighted by Crippen LogP contribution is 2.30. The number of carboxylic acid groups (broad SMARTS) is 2. The number of carboxylic acids is 2. The van der Waals surface area contributed by atoms with Crippen LogP contribution in [0.15, 0.2) is 21.1 Å². The van der Waals surface area contributed by atoms with Gasteiger partial charge in [0.1, 0.15) is 6.54 Å². The molecule has 1 aromatic rings. The maximum absolute atomic E-state index is 10.9. The van der Waals surface area contributed by atoms with Crippen LogP contribution in [0.2, 0.25) is 0 Å². The molecule has 86 valence electrons. The first kappa shape index (κ1) is 13.0. The monoisotopic (exact) mass is 351 g/mol. The normalized spacial score (nSPS) is 9.88. The summed E-state index contributed by atoms with van der Waals surface area (Å²) in [6, 6.07) is 3.04. The predicted molar refractivity (Wildman–Crippen MR) is 64.9 cm³/mol. The zero-order chi connectivity index (χ0) is 12.3. The van der Waals surface area contributed by atoms with Crippen molar-refractivity contribution in [1.82, 2.24) is 0 Å². The van der Waals surface area contributed by atoms with Gasteiger partial charge < -0.3 is 15.5 Å². The van der Waals surface area contributed by atoms with Crippen molar-refractivity contribution in [2.45, 2.75) is 0 Å². The highest BCUT2D eigenvalue weighted by Gasteiger charge is 2.15. The Bertz CT molecular complexity index is 447. The van der Waals surface area contributed by atoms with Crippen LogP contribution in [-0.4, -0.2) is 28.7 Å². The summed E-state index contributed by atoms with van der Waals surface area (Å²) >= 11 is 6.33. The van der Waals surface area contributed by atoms with Crippen LogP contribution in [0.1, 0.15) is 10.4 Å². The third-order valence-corrected chi connectivity index (χ3v) is 2.79. The van der Waals surface area contributed by atoms with Gasteiger partial charge in [-0.05, 0) is 28.1 Å². The fourth-order valence-electron chi connectivity index (χ4n) is 1.09. The van der Waals surface area contributed by atoms with Crippen molar-refractivity contribution >= 4 is 49.5 Å². The SMILES string of the molecule is O=C(O)CNc1c(Br)cc(Br)cc1C(=O)O. The van der Waals surface area contributed by atoms with E-state index in [9.17, 15) is 9.59 Å². The Labute approximate surface area is 108 Å². The van der Waals surface area contributed by atoms with Gasteiger partial charge in [-0.15, -0.1) is 0 Å². The molecule has 0 amide bonds. The highest BCUT2D eigenvalue weighted by atomic mass is 79.9. The van der Waals surface area contributed by atoms with Gasteiger partial charge >= 0.3 is 11.9 Å². The molecule has 0 saturated heterocycles. The van der Waals surface area contributed by atoms with Crippen molar-refractivity contribution in [3.05, 3.63) is 26.6 Å². The largest absolute Gasteiger partial charge is 0.480 e. The number of halogens is 2. The van der Waals surface area contributed by atoms with E-state index in [1.54, 1.807) is 6.07 Å². The van der Waals surface area contributed by atoms with Crippen molar-refractivity contribution in [1.29, 1.82) is 0 Å². The average Bonchev–Trinajstić information content (AvgIpc) is 2.14. The number of aliphatic carboxylic acids is 1. The standard InChI is InChI=1S/C9H7Br2NO4/c10-4-1-5(9(15)16)8(6(11)2-4)12-3-7(13)14/h1-2,12H,3H2,(H,13,14)(H,15,16). The Morgan fingerprint density at radius 1 is 1.25 bits per heavy atom. The van der Waals surface area contributed by atoms with Crippen LogP contribution in [0, 0.1) is 0 Å². The van der Waals surface area contributed by atoms with Gasteiger partial charge in [0.05, 0.1) is 11.3 Å². The summed E-state index contributed by atoms with van der Waals surface area (Å²) in [5.74, 6) is -2.19. The maximum atomic E-state index is 10.9. The summed E-state index contributed by atoms with van der Waals surface area (Å²) in [5, 5.41) is 20.0. The van der Waals surface area contributed by atoms with Crippen LogP contribution in [0.25, 0.3) is 0 Å². The fraction of sp³-hybridized carbons (Fsp3) is 0.111. The van der Waals surface area contributed by atoms with Gasteiger partial charge in [-0.2, -0.15) is 0 Å². The molecule has 3 N–H and O–H groups in total. The van der Waals surface area contributed by atoms with Crippen LogP contribution in [-0.2, 0) is 4.79 Å². The van der Waals surface area contributed by atoms with E-state index in [2.05, 4.69) is 37.2 Å². The molecular formula is C9H7Br2NO4. The highest BCUT2D eigenvalue weighted by molar-refractivity contribution is 9.11. The number of rotatable bonds is 4. The van der Waals surface area contributed by atoms with E-state index >= 15 is 0 Å². The minimum atomic E-state index is -1.13. The lowest BCUT2D eigenvalue weighted by atomic mass is 10.2. The molecule has 0 aliphatic carbocycles. The van der Waals surface area contributed by atoms with Crippen LogP contribution in [0.5, 0.6) is 0 Å². The Morgan fingerprint density at radius 2 is 1.88 bits per heavy atom. The van der Waals surface area contributed by atoms with Gasteiger partial charge in [0.15, 0.2) is 0 Å². The van der Waals surface area contributed by atoms with E-state index in [4.69, 9.17) is 10.2 Å². The van der Waals surface area contributed by atoms with Crippen LogP contribution in [0.4, 0.5) is 5.69 Å². The number of aromatic carboxylic acids is 1. The van der Waals surface area contributed by atoms with Crippen molar-refractivity contribution in [2.75, 3.05) is 11.9 Å². The van der Waals surface area contributed by atoms with E-state index in [0.29, 0.717) is 8.95 Å². The molecule has 0 aliphatic heterocycles. The Balaban J connectivity index is 3.14. The zero-order valence-corrected chi connectivity index (χ0v) is 11.0. The minimum Gasteiger partial charge on any atom is -0.480 e. The fourth-order valence-corrected chi connectivity index (χ4v) is 2.45. The topological polar surface area (TPSA) is 86.6 Å². The molecule has 5 nitrogen and oxygen atoms in total. The first-order chi connectivity index (χ1) is 7.41. The van der Waals surface area contributed by atoms with E-state index in [1.807, 2.05) is 0 Å². The first-order valence-corrected chi connectivity index (χ1v) is 5.68. The molecule has 1 rings (SSSR count). The molecule has 0 spiro atoms. The van der Waals surface area contributed by atoms with Crippen LogP contribution in [0.3, 0.4) is 0 Å². The van der Waals surface area contributed by atoms with Gasteiger partial charge in [-0.25, -0.2) is 4.79 Å². The lowest BCUT2D eigenvalue weighted by Gasteiger charge is -2.10. The molecule has 0 unspecified atom stereocenters. The van der Waals surface area contributed by atoms with Crippen molar-refractivity contribution in [2.24, 2.45) is 0 Å². The summed E-state index contributed by atoms with van der Waals surface area (Å²) in [7, 11) is 0. The summed E-state index contributed by atoms with van der Waals surface area (Å²) < 4.78 is 1.08. The molecule has 0 saturated carbocycles. The third kappa shape index (κ3) is 3.21. The second-order valence-electron chi connectivity index (χ2n) is 2.86. The molecule has 0 radical (unpaired) electrons. The summed E-state index contributed by atoms with van der Waals surface area (Å²) in [4.78, 5) is 21.3. The number of hydrogen-bond donors (Lipinski definition) is 3. The number of anilines is 1. The van der Waals surface area contributed by atoms with Gasteiger partial charge in [-0.3, -0.25) is 4.79 Å². The first-order valence-electron chi connectivity index (χ1n) is 4.10. The molecular weight excluding hydrogens is 346 g/mol. The number of hydrogen-bond acceptors (Lipinski definition) is 3. The molecule has 0 aromatic heterocycles. The maximum Gasteiger partial charge on any atom is 0.337 e. The summed E-state index contributed by atoms with van der Waals surface area (Å²) in [6.45, 7) is -0.347. The van der Waals surface area contributed by atoms with Crippen molar-refractivity contribution in [3.8, 4) is 0 Å². The second kappa shape index (κ2) is 5.31. The van der Waals surface area contributed by atoms with Gasteiger partial charge in [0, 0.05) is 8.95 Å². The zero-order valence-electron chi connectivity index (χ0n) is 7.83. The minimum absolute atomic E-state index is 0.00231. The van der Waals surface area contributed by atoms with E-state index in [1.165, 1.54) is 6.07 Å². The van der Waals surface area contributed by atoms with Crippen molar-refractivity contribution < 1.29 is 19.8 Å². The Hall–Kier alpha value is -1.08. The molecule has 0 fully saturated rings. The Morgan fingerprint density at radius 3 is 2.38 bits per heavy atom. The van der Waals surface area contributed by atoms with Gasteiger partial charge in [0.25, 0.3) is 0 Å².